The van der Waals surface area contributed by atoms with Crippen LogP contribution in [0.3, 0.4) is 0 Å². The van der Waals surface area contributed by atoms with Crippen molar-refractivity contribution in [2.45, 2.75) is 39.3 Å². The van der Waals surface area contributed by atoms with E-state index >= 15 is 0 Å². The standard InChI is InChI=1S/4C18H15P.C11H15NSi.2C8H7N.C6H6IN.C5H10Si.FH.K.Pd/c4*1-4-10-16(11-5-1)19(17-12-6-2-7-13-17)18-14-8-3-9-15-18;1-13(2,3)8-7-10-5-4-6-11(12)9-10;2*1-2-7-4-3-5-8(9)6-7;7-5-2-1-3-6(8)4-5;1-5-6(2,3)4;;;/h4*1-15H;4-6,9H,12H2,1-3H3;2*1,3-6H,9H2;1-4H,8H2;1H,2-4H3;1H;;/q;;;;;;;;;;+1;/p-1. The summed E-state index contributed by atoms with van der Waals surface area (Å²) in [5, 5.41) is 16.8. The second-order valence-corrected chi connectivity index (χ2v) is 48.6. The van der Waals surface area contributed by atoms with Gasteiger partial charge in [-0.3, -0.25) is 0 Å². The van der Waals surface area contributed by atoms with Crippen molar-refractivity contribution >= 4 is 157 Å². The molecule has 14 heteroatoms. The Hall–Kier alpha value is -9.93. The first kappa shape index (κ1) is 105. The van der Waals surface area contributed by atoms with Gasteiger partial charge in [-0.05, 0) is 191 Å². The first-order chi connectivity index (χ1) is 58.8. The van der Waals surface area contributed by atoms with E-state index in [1.54, 1.807) is 24.3 Å². The molecule has 0 aliphatic heterocycles. The van der Waals surface area contributed by atoms with Gasteiger partial charge in [0.1, 0.15) is 16.1 Å². The van der Waals surface area contributed by atoms with Gasteiger partial charge >= 0.3 is 51.4 Å². The molecule has 0 atom stereocenters. The van der Waals surface area contributed by atoms with Crippen LogP contribution in [0, 0.1) is 51.7 Å². The average molecular weight is 1950 g/mol. The molecule has 0 unspecified atom stereocenters. The Labute approximate surface area is 815 Å². The summed E-state index contributed by atoms with van der Waals surface area (Å²) in [6.07, 6.45) is 15.3. The molecule has 0 aliphatic rings. The van der Waals surface area contributed by atoms with Crippen molar-refractivity contribution in [2.75, 3.05) is 22.9 Å². The summed E-state index contributed by atoms with van der Waals surface area (Å²) in [6, 6.07) is 159. The van der Waals surface area contributed by atoms with Gasteiger partial charge < -0.3 is 27.6 Å². The van der Waals surface area contributed by atoms with Gasteiger partial charge in [-0.2, -0.15) is 0 Å². The van der Waals surface area contributed by atoms with Crippen molar-refractivity contribution in [1.82, 2.24) is 0 Å². The molecule has 618 valence electrons. The summed E-state index contributed by atoms with van der Waals surface area (Å²) < 4.78 is 1.18. The van der Waals surface area contributed by atoms with Crippen LogP contribution in [0.1, 0.15) is 16.7 Å². The van der Waals surface area contributed by atoms with E-state index in [0.29, 0.717) is 11.4 Å². The zero-order valence-corrected chi connectivity index (χ0v) is 83.7. The Morgan fingerprint density at radius 1 is 0.234 bits per heavy atom. The second kappa shape index (κ2) is 59.1. The van der Waals surface area contributed by atoms with Gasteiger partial charge in [-0.25, -0.2) is 0 Å². The minimum Gasteiger partial charge on any atom is -1.00 e. The number of anilines is 4. The number of hydrogen-bond donors (Lipinski definition) is 4. The van der Waals surface area contributed by atoms with E-state index in [2.05, 4.69) is 455 Å². The number of benzene rings is 16. The first-order valence-electron chi connectivity index (χ1n) is 39.6. The Morgan fingerprint density at radius 3 is 0.524 bits per heavy atom. The third-order valence-electron chi connectivity index (χ3n) is 17.0. The quantitative estimate of drug-likeness (QED) is 0.0322. The van der Waals surface area contributed by atoms with Crippen LogP contribution in [-0.4, -0.2) is 16.1 Å². The molecule has 16 rings (SSSR count). The number of nitrogen functional groups attached to an aromatic ring is 4. The third-order valence-corrected chi connectivity index (χ3v) is 29.2. The fourth-order valence-electron chi connectivity index (χ4n) is 11.4. The summed E-state index contributed by atoms with van der Waals surface area (Å²) >= 11 is 2.23. The third kappa shape index (κ3) is 39.5. The summed E-state index contributed by atoms with van der Waals surface area (Å²) in [4.78, 5) is 0. The fraction of sp³-hybridized carbons (Fsp3) is 0.0545. The van der Waals surface area contributed by atoms with Crippen LogP contribution in [0.5, 0.6) is 0 Å². The molecule has 16 aromatic rings. The minimum atomic E-state index is -1.26. The molecule has 0 heterocycles. The van der Waals surface area contributed by atoms with Gasteiger partial charge in [-0.1, -0.05) is 445 Å². The van der Waals surface area contributed by atoms with E-state index in [1.807, 2.05) is 72.8 Å². The van der Waals surface area contributed by atoms with Crippen molar-refractivity contribution in [3.63, 3.8) is 0 Å². The molecule has 0 amide bonds. The Kier molecular flexibility index (Phi) is 49.8. The Morgan fingerprint density at radius 2 is 0.395 bits per heavy atom. The number of nitrogens with two attached hydrogens (primary N) is 4. The number of hydrogen-bond acceptors (Lipinski definition) is 4. The molecule has 4 nitrogen and oxygen atoms in total. The minimum absolute atomic E-state index is 0. The first-order valence-corrected chi connectivity index (χ1v) is 53.1. The van der Waals surface area contributed by atoms with E-state index in [-0.39, 0.29) is 76.5 Å². The topological polar surface area (TPSA) is 104 Å². The van der Waals surface area contributed by atoms with Crippen LogP contribution in [0.15, 0.2) is 461 Å². The monoisotopic (exact) mass is 1950 g/mol. The molecule has 0 saturated carbocycles. The maximum atomic E-state index is 5.64. The molecular formula is C110H105FIKN4P4PdSi2. The van der Waals surface area contributed by atoms with Crippen molar-refractivity contribution < 1.29 is 76.5 Å². The van der Waals surface area contributed by atoms with Crippen LogP contribution in [-0.2, 0) is 20.4 Å². The molecule has 0 aromatic heterocycles. The van der Waals surface area contributed by atoms with Gasteiger partial charge in [0.15, 0.2) is 0 Å². The van der Waals surface area contributed by atoms with E-state index in [4.69, 9.17) is 42.2 Å². The van der Waals surface area contributed by atoms with E-state index in [9.17, 15) is 0 Å². The number of rotatable bonds is 12. The second-order valence-electron chi connectivity index (χ2n) is 29.0. The largest absolute Gasteiger partial charge is 1.00 e. The smallest absolute Gasteiger partial charge is 1.00 e. The molecule has 0 saturated heterocycles. The summed E-state index contributed by atoms with van der Waals surface area (Å²) in [7, 11) is -4.15. The van der Waals surface area contributed by atoms with Crippen LogP contribution in [0.2, 0.25) is 39.3 Å². The maximum Gasteiger partial charge on any atom is 1.00 e. The SMILES string of the molecule is C#C[Si](C)(C)C.C#Cc1cccc(N)c1.C#Cc1cccc(N)c1.C[Si](C)(C)C#Cc1cccc(N)c1.Nc1cccc(I)c1.[F-].[K+].[Pd].c1ccc(P(c2ccccc2)c2ccccc2)cc1.c1ccc(P(c2ccccc2)c2ccccc2)cc1.c1ccc(P(c2ccccc2)c2ccccc2)cc1.c1ccc(P(c2ccccc2)c2ccccc2)cc1. The molecule has 0 radical (unpaired) electrons. The average Bonchev–Trinajstić information content (AvgIpc) is 0.834. The Bertz CT molecular complexity index is 4880. The number of terminal acetylenes is 3. The summed E-state index contributed by atoms with van der Waals surface area (Å²) in [6.45, 7) is 13.1. The van der Waals surface area contributed by atoms with Gasteiger partial charge in [0.2, 0.25) is 0 Å². The predicted molar refractivity (Wildman–Crippen MR) is 555 cm³/mol. The van der Waals surface area contributed by atoms with Crippen LogP contribution in [0.25, 0.3) is 0 Å². The molecule has 8 N–H and O–H groups in total. The van der Waals surface area contributed by atoms with Crippen molar-refractivity contribution in [2.24, 2.45) is 0 Å². The van der Waals surface area contributed by atoms with E-state index < -0.39 is 47.8 Å². The van der Waals surface area contributed by atoms with Gasteiger partial charge in [0, 0.05) is 63.4 Å². The molecule has 0 aliphatic carbocycles. The van der Waals surface area contributed by atoms with Crippen molar-refractivity contribution in [1.29, 1.82) is 0 Å². The van der Waals surface area contributed by atoms with Crippen LogP contribution in [0.4, 0.5) is 22.7 Å². The summed E-state index contributed by atoms with van der Waals surface area (Å²) in [5.74, 6) is 8.13. The van der Waals surface area contributed by atoms with Gasteiger partial charge in [0.25, 0.3) is 0 Å². The molecule has 124 heavy (non-hydrogen) atoms. The van der Waals surface area contributed by atoms with Crippen molar-refractivity contribution in [3.8, 4) is 48.1 Å². The zero-order chi connectivity index (χ0) is 86.1. The zero-order valence-electron chi connectivity index (χ0n) is 71.3. The molecule has 16 aromatic carbocycles. The van der Waals surface area contributed by atoms with Crippen LogP contribution >= 0.6 is 54.3 Å². The van der Waals surface area contributed by atoms with E-state index in [0.717, 1.165) is 28.1 Å². The molecular weight excluding hydrogens is 1850 g/mol. The van der Waals surface area contributed by atoms with Crippen molar-refractivity contribution in [3.05, 3.63) is 481 Å². The Balaban J connectivity index is 0.000000253. The van der Waals surface area contributed by atoms with Crippen LogP contribution < -0.4 is 143 Å². The van der Waals surface area contributed by atoms with Gasteiger partial charge in [-0.15, -0.1) is 30.4 Å². The molecule has 0 fully saturated rings. The molecule has 0 bridgehead atoms. The predicted octanol–water partition coefficient (Wildman–Crippen LogP) is 16.2. The van der Waals surface area contributed by atoms with E-state index in [1.165, 1.54) is 67.2 Å². The van der Waals surface area contributed by atoms with Gasteiger partial charge in [0.05, 0.1) is 0 Å². The fourth-order valence-corrected chi connectivity index (χ4v) is 21.7. The number of halogens is 2. The maximum absolute atomic E-state index is 5.64. The normalized spacial score (nSPS) is 9.87. The summed E-state index contributed by atoms with van der Waals surface area (Å²) in [5.41, 5.74) is 33.7. The molecule has 0 spiro atoms.